The van der Waals surface area contributed by atoms with Gasteiger partial charge in [0.25, 0.3) is 5.91 Å². The molecule has 156 valence electrons. The van der Waals surface area contributed by atoms with E-state index in [-0.39, 0.29) is 23.4 Å². The highest BCUT2D eigenvalue weighted by molar-refractivity contribution is 5.96. The number of carbonyl (C=O) groups excluding carboxylic acids is 2. The molecule has 0 saturated heterocycles. The number of hydrogen-bond donors (Lipinski definition) is 2. The minimum Gasteiger partial charge on any atom is -0.496 e. The van der Waals surface area contributed by atoms with E-state index in [4.69, 9.17) is 4.74 Å². The Labute approximate surface area is 166 Å². The largest absolute Gasteiger partial charge is 0.496 e. The van der Waals surface area contributed by atoms with E-state index in [0.29, 0.717) is 5.69 Å². The van der Waals surface area contributed by atoms with Crippen molar-refractivity contribution in [2.75, 3.05) is 12.4 Å². The molecular weight excluding hydrogens is 387 g/mol. The van der Waals surface area contributed by atoms with E-state index in [9.17, 15) is 22.8 Å². The molecule has 0 saturated carbocycles. The zero-order valence-electron chi connectivity index (χ0n) is 16.5. The number of benzene rings is 1. The number of ether oxygens (including phenoxy) is 1. The van der Waals surface area contributed by atoms with Gasteiger partial charge in [0.15, 0.2) is 0 Å². The van der Waals surface area contributed by atoms with Gasteiger partial charge in [-0.3, -0.25) is 14.6 Å². The molecule has 6 nitrogen and oxygen atoms in total. The molecule has 1 aromatic carbocycles. The lowest BCUT2D eigenvalue weighted by Gasteiger charge is -2.20. The van der Waals surface area contributed by atoms with Gasteiger partial charge >= 0.3 is 6.18 Å². The van der Waals surface area contributed by atoms with Crippen LogP contribution in [0.4, 0.5) is 18.9 Å². The molecule has 1 heterocycles. The summed E-state index contributed by atoms with van der Waals surface area (Å²) < 4.78 is 43.9. The normalized spacial score (nSPS) is 11.7. The lowest BCUT2D eigenvalue weighted by atomic mass is 10.1. The molecule has 0 fully saturated rings. The lowest BCUT2D eigenvalue weighted by molar-refractivity contribution is -0.137. The number of hydrogen-bond acceptors (Lipinski definition) is 4. The minimum atomic E-state index is -4.53. The first-order valence-corrected chi connectivity index (χ1v) is 8.71. The lowest BCUT2D eigenvalue weighted by Crippen LogP contribution is -2.40. The van der Waals surface area contributed by atoms with E-state index in [0.717, 1.165) is 12.1 Å². The molecule has 29 heavy (non-hydrogen) atoms. The molecule has 2 aromatic rings. The summed E-state index contributed by atoms with van der Waals surface area (Å²) >= 11 is 0. The highest BCUT2D eigenvalue weighted by Gasteiger charge is 2.31. The summed E-state index contributed by atoms with van der Waals surface area (Å²) in [6.45, 7) is 5.46. The zero-order valence-corrected chi connectivity index (χ0v) is 16.5. The van der Waals surface area contributed by atoms with E-state index in [1.807, 2.05) is 20.8 Å². The Morgan fingerprint density at radius 1 is 1.10 bits per heavy atom. The molecule has 1 aromatic heterocycles. The standard InChI is InChI=1S/C20H22F3N3O3/c1-19(2,3)26-18(28)15-11-14(7-8-24-15)25-17(27)10-12-9-13(20(21,22)23)5-6-16(12)29-4/h5-9,11H,10H2,1-4H3,(H,26,28)(H,24,25,27). The summed E-state index contributed by atoms with van der Waals surface area (Å²) in [5.74, 6) is -0.794. The van der Waals surface area contributed by atoms with Gasteiger partial charge in [0, 0.05) is 23.0 Å². The Balaban J connectivity index is 2.16. The van der Waals surface area contributed by atoms with Crippen molar-refractivity contribution in [3.05, 3.63) is 53.3 Å². The molecule has 0 aliphatic heterocycles. The fraction of sp³-hybridized carbons (Fsp3) is 0.350. The first-order chi connectivity index (χ1) is 13.4. The quantitative estimate of drug-likeness (QED) is 0.787. The van der Waals surface area contributed by atoms with Gasteiger partial charge in [0.1, 0.15) is 11.4 Å². The smallest absolute Gasteiger partial charge is 0.416 e. The van der Waals surface area contributed by atoms with E-state index in [2.05, 4.69) is 15.6 Å². The van der Waals surface area contributed by atoms with Crippen LogP contribution in [0.1, 0.15) is 42.4 Å². The Morgan fingerprint density at radius 3 is 2.38 bits per heavy atom. The number of aromatic nitrogens is 1. The third-order valence-electron chi connectivity index (χ3n) is 3.72. The maximum Gasteiger partial charge on any atom is 0.416 e. The molecule has 2 rings (SSSR count). The van der Waals surface area contributed by atoms with E-state index in [1.165, 1.54) is 31.5 Å². The molecule has 0 unspecified atom stereocenters. The second kappa shape index (κ2) is 8.50. The first kappa shape index (κ1) is 22.2. The zero-order chi connectivity index (χ0) is 21.8. The van der Waals surface area contributed by atoms with E-state index < -0.39 is 29.1 Å². The van der Waals surface area contributed by atoms with Crippen molar-refractivity contribution in [3.8, 4) is 5.75 Å². The summed E-state index contributed by atoms with van der Waals surface area (Å²) in [4.78, 5) is 28.5. The monoisotopic (exact) mass is 409 g/mol. The van der Waals surface area contributed by atoms with Crippen LogP contribution in [0.3, 0.4) is 0 Å². The SMILES string of the molecule is COc1ccc(C(F)(F)F)cc1CC(=O)Nc1ccnc(C(=O)NC(C)(C)C)c1. The van der Waals surface area contributed by atoms with Crippen LogP contribution >= 0.6 is 0 Å². The number of nitrogens with zero attached hydrogens (tertiary/aromatic N) is 1. The molecule has 0 aliphatic carbocycles. The van der Waals surface area contributed by atoms with Gasteiger partial charge in [0.2, 0.25) is 5.91 Å². The Hall–Kier alpha value is -3.10. The van der Waals surface area contributed by atoms with Gasteiger partial charge in [-0.05, 0) is 51.1 Å². The molecule has 2 amide bonds. The fourth-order valence-electron chi connectivity index (χ4n) is 2.51. The third kappa shape index (κ3) is 6.48. The van der Waals surface area contributed by atoms with Crippen molar-refractivity contribution in [1.82, 2.24) is 10.3 Å². The van der Waals surface area contributed by atoms with Gasteiger partial charge < -0.3 is 15.4 Å². The summed E-state index contributed by atoms with van der Waals surface area (Å²) in [5, 5.41) is 5.32. The second-order valence-corrected chi connectivity index (χ2v) is 7.38. The van der Waals surface area contributed by atoms with Gasteiger partial charge in [-0.25, -0.2) is 0 Å². The number of carbonyl (C=O) groups is 2. The summed E-state index contributed by atoms with van der Waals surface area (Å²) in [6.07, 6.45) is -3.51. The van der Waals surface area contributed by atoms with Crippen LogP contribution in [-0.2, 0) is 17.4 Å². The number of alkyl halides is 3. The second-order valence-electron chi connectivity index (χ2n) is 7.38. The number of halogens is 3. The summed E-state index contributed by atoms with van der Waals surface area (Å²) in [6, 6.07) is 5.82. The van der Waals surface area contributed by atoms with Crippen molar-refractivity contribution in [2.24, 2.45) is 0 Å². The minimum absolute atomic E-state index is 0.0968. The Kier molecular flexibility index (Phi) is 6.51. The topological polar surface area (TPSA) is 80.3 Å². The highest BCUT2D eigenvalue weighted by Crippen LogP contribution is 2.32. The van der Waals surface area contributed by atoms with Crippen LogP contribution in [0, 0.1) is 0 Å². The summed E-state index contributed by atoms with van der Waals surface area (Å²) in [7, 11) is 1.31. The molecule has 0 bridgehead atoms. The van der Waals surface area contributed by atoms with Crippen LogP contribution in [0.25, 0.3) is 0 Å². The molecule has 0 aliphatic rings. The molecule has 0 atom stereocenters. The maximum atomic E-state index is 12.9. The van der Waals surface area contributed by atoms with Gasteiger partial charge in [-0.2, -0.15) is 13.2 Å². The van der Waals surface area contributed by atoms with Crippen LogP contribution in [0.2, 0.25) is 0 Å². The number of pyridine rings is 1. The van der Waals surface area contributed by atoms with Crippen molar-refractivity contribution in [1.29, 1.82) is 0 Å². The number of nitrogens with one attached hydrogen (secondary N) is 2. The molecule has 0 radical (unpaired) electrons. The predicted molar refractivity (Wildman–Crippen MR) is 102 cm³/mol. The summed E-state index contributed by atoms with van der Waals surface area (Å²) in [5.41, 5.74) is -0.826. The first-order valence-electron chi connectivity index (χ1n) is 8.71. The van der Waals surface area contributed by atoms with Crippen molar-refractivity contribution < 1.29 is 27.5 Å². The fourth-order valence-corrected chi connectivity index (χ4v) is 2.51. The third-order valence-corrected chi connectivity index (χ3v) is 3.72. The van der Waals surface area contributed by atoms with Crippen LogP contribution in [0.5, 0.6) is 5.75 Å². The molecule has 0 spiro atoms. The molecular formula is C20H22F3N3O3. The molecule has 2 N–H and O–H groups in total. The van der Waals surface area contributed by atoms with Crippen molar-refractivity contribution >= 4 is 17.5 Å². The highest BCUT2D eigenvalue weighted by atomic mass is 19.4. The average molecular weight is 409 g/mol. The van der Waals surface area contributed by atoms with Crippen molar-refractivity contribution in [2.45, 2.75) is 38.9 Å². The van der Waals surface area contributed by atoms with Gasteiger partial charge in [-0.15, -0.1) is 0 Å². The predicted octanol–water partition coefficient (Wildman–Crippen LogP) is 3.82. The van der Waals surface area contributed by atoms with Gasteiger partial charge in [0.05, 0.1) is 19.1 Å². The van der Waals surface area contributed by atoms with Gasteiger partial charge in [-0.1, -0.05) is 0 Å². The van der Waals surface area contributed by atoms with Crippen LogP contribution < -0.4 is 15.4 Å². The van der Waals surface area contributed by atoms with Crippen LogP contribution in [0.15, 0.2) is 36.5 Å². The number of anilines is 1. The maximum absolute atomic E-state index is 12.9. The Morgan fingerprint density at radius 2 is 1.79 bits per heavy atom. The number of amides is 2. The number of methoxy groups -OCH3 is 1. The van der Waals surface area contributed by atoms with E-state index in [1.54, 1.807) is 0 Å². The van der Waals surface area contributed by atoms with E-state index >= 15 is 0 Å². The van der Waals surface area contributed by atoms with Crippen LogP contribution in [-0.4, -0.2) is 29.4 Å². The molecule has 9 heteroatoms. The average Bonchev–Trinajstić information content (AvgIpc) is 2.59. The Bertz CT molecular complexity index is 906. The number of rotatable bonds is 5. The van der Waals surface area contributed by atoms with Crippen molar-refractivity contribution in [3.63, 3.8) is 0 Å².